The van der Waals surface area contributed by atoms with Crippen LogP contribution in [0.1, 0.15) is 36.5 Å². The van der Waals surface area contributed by atoms with Crippen molar-refractivity contribution >= 4 is 0 Å². The second-order valence-corrected chi connectivity index (χ2v) is 4.42. The van der Waals surface area contributed by atoms with E-state index in [4.69, 9.17) is 0 Å². The highest BCUT2D eigenvalue weighted by atomic mass is 16.3. The zero-order chi connectivity index (χ0) is 11.5. The van der Waals surface area contributed by atoms with Gasteiger partial charge in [-0.25, -0.2) is 0 Å². The predicted octanol–water partition coefficient (Wildman–Crippen LogP) is 3.48. The zero-order valence-corrected chi connectivity index (χ0v) is 9.88. The molecule has 1 atom stereocenters. The molecule has 0 heterocycles. The third kappa shape index (κ3) is 2.93. The lowest BCUT2D eigenvalue weighted by Gasteiger charge is -2.25. The first-order valence-corrected chi connectivity index (χ1v) is 5.38. The van der Waals surface area contributed by atoms with Gasteiger partial charge in [-0.1, -0.05) is 29.8 Å². The van der Waals surface area contributed by atoms with Gasteiger partial charge in [0.1, 0.15) is 0 Å². The average Bonchev–Trinajstić information content (AvgIpc) is 2.14. The van der Waals surface area contributed by atoms with Crippen LogP contribution in [-0.4, -0.2) is 5.11 Å². The largest absolute Gasteiger partial charge is 0.385 e. The molecular formula is C14H20O. The quantitative estimate of drug-likeness (QED) is 0.744. The third-order valence-electron chi connectivity index (χ3n) is 2.80. The number of hydrogen-bond acceptors (Lipinski definition) is 1. The molecule has 1 rings (SSSR count). The summed E-state index contributed by atoms with van der Waals surface area (Å²) in [4.78, 5) is 0. The highest BCUT2D eigenvalue weighted by Crippen LogP contribution is 2.29. The SMILES string of the molecule is C=CCCC(C)(O)c1ccc(C)cc1C. The number of aryl methyl sites for hydroxylation is 2. The van der Waals surface area contributed by atoms with E-state index in [1.54, 1.807) is 0 Å². The maximum atomic E-state index is 10.3. The van der Waals surface area contributed by atoms with Crippen LogP contribution in [0, 0.1) is 13.8 Å². The van der Waals surface area contributed by atoms with Gasteiger partial charge in [0.2, 0.25) is 0 Å². The summed E-state index contributed by atoms with van der Waals surface area (Å²) < 4.78 is 0. The molecule has 0 saturated carbocycles. The molecule has 82 valence electrons. The molecule has 1 nitrogen and oxygen atoms in total. The first-order valence-electron chi connectivity index (χ1n) is 5.38. The van der Waals surface area contributed by atoms with Crippen molar-refractivity contribution in [2.75, 3.05) is 0 Å². The van der Waals surface area contributed by atoms with Crippen LogP contribution in [0.25, 0.3) is 0 Å². The van der Waals surface area contributed by atoms with Crippen LogP contribution in [0.5, 0.6) is 0 Å². The van der Waals surface area contributed by atoms with Gasteiger partial charge < -0.3 is 5.11 Å². The van der Waals surface area contributed by atoms with E-state index in [2.05, 4.69) is 19.6 Å². The fraction of sp³-hybridized carbons (Fsp3) is 0.429. The molecule has 15 heavy (non-hydrogen) atoms. The topological polar surface area (TPSA) is 20.2 Å². The van der Waals surface area contributed by atoms with Crippen molar-refractivity contribution in [2.24, 2.45) is 0 Å². The molecule has 0 bridgehead atoms. The van der Waals surface area contributed by atoms with Crippen molar-refractivity contribution in [1.82, 2.24) is 0 Å². The second kappa shape index (κ2) is 4.63. The highest BCUT2D eigenvalue weighted by Gasteiger charge is 2.23. The Morgan fingerprint density at radius 3 is 2.60 bits per heavy atom. The summed E-state index contributed by atoms with van der Waals surface area (Å²) in [5.41, 5.74) is 2.67. The minimum absolute atomic E-state index is 0.723. The van der Waals surface area contributed by atoms with Crippen molar-refractivity contribution in [3.63, 3.8) is 0 Å². The number of rotatable bonds is 4. The Morgan fingerprint density at radius 1 is 1.40 bits per heavy atom. The molecule has 1 aromatic carbocycles. The molecule has 0 aliphatic carbocycles. The van der Waals surface area contributed by atoms with E-state index in [0.717, 1.165) is 24.0 Å². The van der Waals surface area contributed by atoms with E-state index in [-0.39, 0.29) is 0 Å². The second-order valence-electron chi connectivity index (χ2n) is 4.42. The monoisotopic (exact) mass is 204 g/mol. The molecule has 0 aromatic heterocycles. The molecule has 1 aromatic rings. The number of hydrogen-bond donors (Lipinski definition) is 1. The van der Waals surface area contributed by atoms with Gasteiger partial charge in [0.05, 0.1) is 5.60 Å². The summed E-state index contributed by atoms with van der Waals surface area (Å²) in [5.74, 6) is 0. The van der Waals surface area contributed by atoms with E-state index >= 15 is 0 Å². The minimum Gasteiger partial charge on any atom is -0.385 e. The van der Waals surface area contributed by atoms with Gasteiger partial charge in [0.15, 0.2) is 0 Å². The molecule has 0 fully saturated rings. The molecule has 1 N–H and O–H groups in total. The van der Waals surface area contributed by atoms with Crippen molar-refractivity contribution in [2.45, 2.75) is 39.2 Å². The van der Waals surface area contributed by atoms with Crippen LogP contribution in [-0.2, 0) is 5.60 Å². The van der Waals surface area contributed by atoms with E-state index in [0.29, 0.717) is 0 Å². The van der Waals surface area contributed by atoms with Crippen molar-refractivity contribution < 1.29 is 5.11 Å². The number of benzene rings is 1. The first-order chi connectivity index (χ1) is 6.97. The molecule has 0 spiro atoms. The Morgan fingerprint density at radius 2 is 2.07 bits per heavy atom. The van der Waals surface area contributed by atoms with E-state index in [1.165, 1.54) is 5.56 Å². The van der Waals surface area contributed by atoms with Gasteiger partial charge in [-0.05, 0) is 44.7 Å². The highest BCUT2D eigenvalue weighted by molar-refractivity contribution is 5.34. The van der Waals surface area contributed by atoms with Crippen LogP contribution in [0.15, 0.2) is 30.9 Å². The number of allylic oxidation sites excluding steroid dienone is 1. The maximum Gasteiger partial charge on any atom is 0.0874 e. The molecule has 1 unspecified atom stereocenters. The lowest BCUT2D eigenvalue weighted by Crippen LogP contribution is -2.22. The van der Waals surface area contributed by atoms with Gasteiger partial charge in [0.25, 0.3) is 0 Å². The standard InChI is InChI=1S/C14H20O/c1-5-6-9-14(4,15)13-8-7-11(2)10-12(13)3/h5,7-8,10,15H,1,6,9H2,2-4H3. The molecule has 0 radical (unpaired) electrons. The Kier molecular flexibility index (Phi) is 3.70. The van der Waals surface area contributed by atoms with Gasteiger partial charge in [-0.15, -0.1) is 6.58 Å². The van der Waals surface area contributed by atoms with Gasteiger partial charge in [0, 0.05) is 0 Å². The summed E-state index contributed by atoms with van der Waals surface area (Å²) >= 11 is 0. The molecule has 0 aliphatic heterocycles. The van der Waals surface area contributed by atoms with Gasteiger partial charge >= 0.3 is 0 Å². The maximum absolute atomic E-state index is 10.3. The molecule has 0 aliphatic rings. The molecule has 0 amide bonds. The lowest BCUT2D eigenvalue weighted by atomic mass is 9.87. The Bertz CT molecular complexity index is 350. The van der Waals surface area contributed by atoms with Crippen molar-refractivity contribution in [1.29, 1.82) is 0 Å². The molecular weight excluding hydrogens is 184 g/mol. The van der Waals surface area contributed by atoms with Crippen LogP contribution >= 0.6 is 0 Å². The fourth-order valence-corrected chi connectivity index (χ4v) is 1.94. The minimum atomic E-state index is -0.744. The Balaban J connectivity index is 2.98. The summed E-state index contributed by atoms with van der Waals surface area (Å²) in [7, 11) is 0. The normalized spacial score (nSPS) is 14.7. The van der Waals surface area contributed by atoms with Crippen LogP contribution in [0.4, 0.5) is 0 Å². The fourth-order valence-electron chi connectivity index (χ4n) is 1.94. The number of aliphatic hydroxyl groups is 1. The van der Waals surface area contributed by atoms with E-state index in [9.17, 15) is 5.11 Å². The predicted molar refractivity (Wildman–Crippen MR) is 64.9 cm³/mol. The van der Waals surface area contributed by atoms with Gasteiger partial charge in [-0.3, -0.25) is 0 Å². The average molecular weight is 204 g/mol. The van der Waals surface area contributed by atoms with E-state index in [1.807, 2.05) is 32.1 Å². The van der Waals surface area contributed by atoms with Crippen LogP contribution in [0.3, 0.4) is 0 Å². The van der Waals surface area contributed by atoms with Gasteiger partial charge in [-0.2, -0.15) is 0 Å². The van der Waals surface area contributed by atoms with Crippen LogP contribution in [0.2, 0.25) is 0 Å². The smallest absolute Gasteiger partial charge is 0.0874 e. The Labute approximate surface area is 92.5 Å². The summed E-state index contributed by atoms with van der Waals surface area (Å²) in [5, 5.41) is 10.3. The molecule has 1 heteroatoms. The zero-order valence-electron chi connectivity index (χ0n) is 9.88. The Hall–Kier alpha value is -1.08. The van der Waals surface area contributed by atoms with Crippen molar-refractivity contribution in [3.05, 3.63) is 47.5 Å². The van der Waals surface area contributed by atoms with Crippen molar-refractivity contribution in [3.8, 4) is 0 Å². The summed E-state index contributed by atoms with van der Waals surface area (Å²) in [6, 6.07) is 6.18. The summed E-state index contributed by atoms with van der Waals surface area (Å²) in [6.45, 7) is 9.66. The van der Waals surface area contributed by atoms with E-state index < -0.39 is 5.60 Å². The molecule has 0 saturated heterocycles. The summed E-state index contributed by atoms with van der Waals surface area (Å²) in [6.07, 6.45) is 3.40. The third-order valence-corrected chi connectivity index (χ3v) is 2.80. The lowest BCUT2D eigenvalue weighted by molar-refractivity contribution is 0.0482. The van der Waals surface area contributed by atoms with Crippen LogP contribution < -0.4 is 0 Å². The first kappa shape index (κ1) is 12.0.